The second kappa shape index (κ2) is 9.43. The first-order chi connectivity index (χ1) is 17.4. The fourth-order valence-electron chi connectivity index (χ4n) is 3.85. The lowest BCUT2D eigenvalue weighted by molar-refractivity contribution is 0.151. The van der Waals surface area contributed by atoms with E-state index in [1.54, 1.807) is 6.92 Å². The summed E-state index contributed by atoms with van der Waals surface area (Å²) < 4.78 is 52.9. The number of fused-ring (bicyclic) bond motifs is 1. The zero-order valence-corrected chi connectivity index (χ0v) is 20.3. The Morgan fingerprint density at radius 3 is 2.46 bits per heavy atom. The lowest BCUT2D eigenvalue weighted by Gasteiger charge is -2.21. The van der Waals surface area contributed by atoms with Crippen molar-refractivity contribution in [1.29, 1.82) is 5.26 Å². The lowest BCUT2D eigenvalue weighted by atomic mass is 10.1. The largest absolute Gasteiger partial charge is 0.382 e. The minimum absolute atomic E-state index is 0.0224. The third-order valence-electron chi connectivity index (χ3n) is 5.47. The highest BCUT2D eigenvalue weighted by Gasteiger charge is 2.24. The van der Waals surface area contributed by atoms with Gasteiger partial charge in [0.05, 0.1) is 27.5 Å². The molecule has 14 heteroatoms. The van der Waals surface area contributed by atoms with E-state index in [0.29, 0.717) is 0 Å². The average molecular weight is 527 g/mol. The van der Waals surface area contributed by atoms with Crippen molar-refractivity contribution in [2.75, 3.05) is 23.0 Å². The third kappa shape index (κ3) is 4.76. The van der Waals surface area contributed by atoms with Crippen LogP contribution in [0.3, 0.4) is 0 Å². The number of hydrogen-bond donors (Lipinski definition) is 3. The molecule has 1 atom stereocenters. The predicted molar refractivity (Wildman–Crippen MR) is 133 cm³/mol. The van der Waals surface area contributed by atoms with Crippen molar-refractivity contribution in [1.82, 2.24) is 19.5 Å². The summed E-state index contributed by atoms with van der Waals surface area (Å²) in [5, 5.41) is 12.2. The minimum Gasteiger partial charge on any atom is -0.382 e. The molecule has 0 radical (unpaired) electrons. The van der Waals surface area contributed by atoms with E-state index >= 15 is 0 Å². The van der Waals surface area contributed by atoms with Gasteiger partial charge in [-0.1, -0.05) is 18.2 Å². The van der Waals surface area contributed by atoms with E-state index < -0.39 is 27.9 Å². The van der Waals surface area contributed by atoms with Crippen molar-refractivity contribution in [3.05, 3.63) is 69.8 Å². The van der Waals surface area contributed by atoms with Gasteiger partial charge in [-0.05, 0) is 31.2 Å². The highest BCUT2D eigenvalue weighted by atomic mass is 32.2. The van der Waals surface area contributed by atoms with E-state index in [1.807, 2.05) is 6.07 Å². The topological polar surface area (TPSA) is 183 Å². The van der Waals surface area contributed by atoms with E-state index in [4.69, 9.17) is 11.5 Å². The molecular weight excluding hydrogens is 506 g/mol. The van der Waals surface area contributed by atoms with Crippen molar-refractivity contribution in [3.63, 3.8) is 0 Å². The summed E-state index contributed by atoms with van der Waals surface area (Å²) in [7, 11) is -3.84. The molecule has 4 rings (SSSR count). The van der Waals surface area contributed by atoms with E-state index in [2.05, 4.69) is 20.3 Å². The summed E-state index contributed by atoms with van der Waals surface area (Å²) in [5.74, 6) is -0.394. The van der Waals surface area contributed by atoms with Gasteiger partial charge < -0.3 is 16.8 Å². The highest BCUT2D eigenvalue weighted by Crippen LogP contribution is 2.28. The van der Waals surface area contributed by atoms with Crippen molar-refractivity contribution in [3.8, 4) is 11.8 Å². The number of anilines is 3. The van der Waals surface area contributed by atoms with Gasteiger partial charge in [-0.25, -0.2) is 22.2 Å². The summed E-state index contributed by atoms with van der Waals surface area (Å²) in [6, 6.07) is 10.2. The van der Waals surface area contributed by atoms with Crippen LogP contribution in [0.4, 0.5) is 26.4 Å². The van der Waals surface area contributed by atoms with Gasteiger partial charge in [0, 0.05) is 11.8 Å². The average Bonchev–Trinajstić information content (AvgIpc) is 2.82. The van der Waals surface area contributed by atoms with Crippen LogP contribution in [-0.2, 0) is 9.84 Å². The fourth-order valence-corrected chi connectivity index (χ4v) is 4.73. The van der Waals surface area contributed by atoms with Gasteiger partial charge in [-0.3, -0.25) is 9.36 Å². The minimum atomic E-state index is -3.84. The van der Waals surface area contributed by atoms with Crippen molar-refractivity contribution in [2.24, 2.45) is 0 Å². The first-order valence-corrected chi connectivity index (χ1v) is 12.5. The molecule has 0 spiro atoms. The lowest BCUT2D eigenvalue weighted by Crippen LogP contribution is -2.28. The SMILES string of the molecule is CC(Nc1nc(N)nc(N)c1C#N)c1nc2cccc(S(C)(=O)=O)c2c(=O)n1-c1cccc(C(F)F)c1. The standard InChI is InChI=1S/C23H20F2N8O3S/c1-11(29-20-14(10-26)19(27)31-23(28)32-20)21-30-15-7-4-8-16(37(2,35)36)17(15)22(34)33(21)13-6-3-5-12(9-13)18(24)25/h3-9,11,18H,1-2H3,(H5,27,28,29,31,32). The molecule has 0 amide bonds. The molecule has 0 saturated heterocycles. The monoisotopic (exact) mass is 526 g/mol. The summed E-state index contributed by atoms with van der Waals surface area (Å²) in [6.45, 7) is 1.58. The van der Waals surface area contributed by atoms with Gasteiger partial charge in [0.15, 0.2) is 15.7 Å². The molecule has 0 bridgehead atoms. The molecule has 0 aliphatic carbocycles. The smallest absolute Gasteiger partial charge is 0.267 e. The second-order valence-electron chi connectivity index (χ2n) is 8.10. The maximum absolute atomic E-state index is 13.8. The van der Waals surface area contributed by atoms with Gasteiger partial charge in [0.25, 0.3) is 12.0 Å². The molecule has 0 aliphatic heterocycles. The number of benzene rings is 2. The molecule has 37 heavy (non-hydrogen) atoms. The maximum atomic E-state index is 13.8. The molecule has 0 aliphatic rings. The zero-order chi connectivity index (χ0) is 27.1. The Labute approximate surface area is 209 Å². The number of aromatic nitrogens is 4. The second-order valence-corrected chi connectivity index (χ2v) is 10.1. The van der Waals surface area contributed by atoms with Gasteiger partial charge in [-0.15, -0.1) is 0 Å². The summed E-state index contributed by atoms with van der Waals surface area (Å²) in [4.78, 5) is 25.8. The number of nitrogens with two attached hydrogens (primary N) is 2. The van der Waals surface area contributed by atoms with Crippen molar-refractivity contribution < 1.29 is 17.2 Å². The number of hydrogen-bond acceptors (Lipinski definition) is 10. The number of rotatable bonds is 6. The van der Waals surface area contributed by atoms with Crippen LogP contribution in [0.1, 0.15) is 36.3 Å². The molecule has 11 nitrogen and oxygen atoms in total. The molecule has 0 fully saturated rings. The summed E-state index contributed by atoms with van der Waals surface area (Å²) in [6.07, 6.45) is -1.87. The molecule has 2 heterocycles. The molecular formula is C23H20F2N8O3S. The van der Waals surface area contributed by atoms with Gasteiger partial charge in [0.1, 0.15) is 23.3 Å². The Balaban J connectivity index is 2.03. The van der Waals surface area contributed by atoms with Gasteiger partial charge in [0.2, 0.25) is 5.95 Å². The van der Waals surface area contributed by atoms with Gasteiger partial charge in [-0.2, -0.15) is 15.2 Å². The first-order valence-electron chi connectivity index (χ1n) is 10.7. The molecule has 190 valence electrons. The Kier molecular flexibility index (Phi) is 6.49. The molecule has 2 aromatic heterocycles. The van der Waals surface area contributed by atoms with Crippen LogP contribution in [0.25, 0.3) is 16.6 Å². The predicted octanol–water partition coefficient (Wildman–Crippen LogP) is 2.73. The third-order valence-corrected chi connectivity index (χ3v) is 6.61. The van der Waals surface area contributed by atoms with Crippen LogP contribution in [0.2, 0.25) is 0 Å². The Morgan fingerprint density at radius 1 is 1.11 bits per heavy atom. The summed E-state index contributed by atoms with van der Waals surface area (Å²) in [5.41, 5.74) is 10.3. The number of nitrogens with one attached hydrogen (secondary N) is 1. The van der Waals surface area contributed by atoms with Crippen LogP contribution in [0.15, 0.2) is 52.2 Å². The van der Waals surface area contributed by atoms with Crippen molar-refractivity contribution >= 4 is 38.3 Å². The Bertz CT molecular complexity index is 1750. The fraction of sp³-hybridized carbons (Fsp3) is 0.174. The number of nitrogens with zero attached hydrogens (tertiary/aromatic N) is 5. The number of alkyl halides is 2. The Hall–Kier alpha value is -4.64. The zero-order valence-electron chi connectivity index (χ0n) is 19.5. The van der Waals surface area contributed by atoms with E-state index in [-0.39, 0.29) is 56.0 Å². The Morgan fingerprint density at radius 2 is 1.81 bits per heavy atom. The van der Waals surface area contributed by atoms with Crippen LogP contribution < -0.4 is 22.3 Å². The number of halogens is 2. The van der Waals surface area contributed by atoms with Crippen LogP contribution in [0.5, 0.6) is 0 Å². The van der Waals surface area contributed by atoms with Crippen molar-refractivity contribution in [2.45, 2.75) is 24.3 Å². The maximum Gasteiger partial charge on any atom is 0.267 e. The molecule has 0 saturated carbocycles. The van der Waals surface area contributed by atoms with Crippen LogP contribution in [0, 0.1) is 11.3 Å². The molecule has 5 N–H and O–H groups in total. The number of nitriles is 1. The highest BCUT2D eigenvalue weighted by molar-refractivity contribution is 7.91. The molecule has 4 aromatic rings. The summed E-state index contributed by atoms with van der Waals surface area (Å²) >= 11 is 0. The molecule has 1 unspecified atom stereocenters. The van der Waals surface area contributed by atoms with Crippen LogP contribution in [-0.4, -0.2) is 34.2 Å². The normalized spacial score (nSPS) is 12.4. The number of nitrogen functional groups attached to an aromatic ring is 2. The number of sulfone groups is 1. The van der Waals surface area contributed by atoms with E-state index in [9.17, 15) is 27.3 Å². The van der Waals surface area contributed by atoms with E-state index in [0.717, 1.165) is 16.9 Å². The van der Waals surface area contributed by atoms with Gasteiger partial charge >= 0.3 is 0 Å². The van der Waals surface area contributed by atoms with Crippen LogP contribution >= 0.6 is 0 Å². The molecule has 2 aromatic carbocycles. The quantitative estimate of drug-likeness (QED) is 0.338. The van der Waals surface area contributed by atoms with E-state index in [1.165, 1.54) is 36.4 Å². The first kappa shape index (κ1) is 25.5.